The van der Waals surface area contributed by atoms with Gasteiger partial charge in [0, 0.05) is 19.2 Å². The van der Waals surface area contributed by atoms with Gasteiger partial charge in [0.05, 0.1) is 7.11 Å². The summed E-state index contributed by atoms with van der Waals surface area (Å²) in [6.07, 6.45) is 0. The molecule has 0 aliphatic heterocycles. The summed E-state index contributed by atoms with van der Waals surface area (Å²) in [7, 11) is -2.41. The second-order valence-electron chi connectivity index (χ2n) is 5.37. The number of amides is 1. The molecule has 128 valence electrons. The van der Waals surface area contributed by atoms with Crippen molar-refractivity contribution in [1.82, 2.24) is 5.32 Å². The van der Waals surface area contributed by atoms with Crippen LogP contribution in [0.1, 0.15) is 18.1 Å². The molecule has 0 saturated carbocycles. The quantitative estimate of drug-likeness (QED) is 0.840. The molecule has 0 heterocycles. The number of carbonyl (C=O) groups excluding carboxylic acids is 1. The summed E-state index contributed by atoms with van der Waals surface area (Å²) >= 11 is 0. The largest absolute Gasteiger partial charge is 0.495 e. The fourth-order valence-electron chi connectivity index (χ4n) is 2.19. The smallest absolute Gasteiger partial charge is 0.265 e. The van der Waals surface area contributed by atoms with Gasteiger partial charge in [0.25, 0.3) is 10.0 Å². The standard InChI is InChI=1S/C17H20N2O4S/c1-12-5-4-6-15(9-12)19-24(21,22)17-10-14(11-18-13(2)20)7-8-16(17)23-3/h4-10,19H,11H2,1-3H3,(H,18,20). The molecular formula is C17H20N2O4S. The molecule has 0 saturated heterocycles. The van der Waals surface area contributed by atoms with Gasteiger partial charge < -0.3 is 10.1 Å². The first kappa shape index (κ1) is 17.8. The third-order valence-corrected chi connectivity index (χ3v) is 4.73. The third kappa shape index (κ3) is 4.48. The Labute approximate surface area is 141 Å². The maximum absolute atomic E-state index is 12.7. The third-order valence-electron chi connectivity index (χ3n) is 3.33. The van der Waals surface area contributed by atoms with E-state index in [0.29, 0.717) is 11.3 Å². The minimum absolute atomic E-state index is 0.0226. The highest BCUT2D eigenvalue weighted by atomic mass is 32.2. The molecule has 0 atom stereocenters. The lowest BCUT2D eigenvalue weighted by atomic mass is 10.2. The van der Waals surface area contributed by atoms with Crippen LogP contribution in [0.5, 0.6) is 5.75 Å². The second-order valence-corrected chi connectivity index (χ2v) is 7.02. The van der Waals surface area contributed by atoms with Crippen molar-refractivity contribution in [2.45, 2.75) is 25.3 Å². The first-order valence-corrected chi connectivity index (χ1v) is 8.81. The van der Waals surface area contributed by atoms with E-state index in [2.05, 4.69) is 10.0 Å². The predicted molar refractivity (Wildman–Crippen MR) is 92.5 cm³/mol. The molecule has 24 heavy (non-hydrogen) atoms. The topological polar surface area (TPSA) is 84.5 Å². The van der Waals surface area contributed by atoms with Gasteiger partial charge in [-0.3, -0.25) is 9.52 Å². The summed E-state index contributed by atoms with van der Waals surface area (Å²) < 4.78 is 33.1. The minimum atomic E-state index is -3.82. The van der Waals surface area contributed by atoms with Crippen LogP contribution >= 0.6 is 0 Å². The zero-order chi connectivity index (χ0) is 17.7. The van der Waals surface area contributed by atoms with Gasteiger partial charge in [-0.2, -0.15) is 0 Å². The maximum Gasteiger partial charge on any atom is 0.265 e. The number of aryl methyl sites for hydroxylation is 1. The molecule has 0 aromatic heterocycles. The normalized spacial score (nSPS) is 11.0. The van der Waals surface area contributed by atoms with Crippen molar-refractivity contribution in [3.8, 4) is 5.75 Å². The molecule has 0 unspecified atom stereocenters. The number of hydrogen-bond acceptors (Lipinski definition) is 4. The summed E-state index contributed by atoms with van der Waals surface area (Å²) in [4.78, 5) is 11.1. The van der Waals surface area contributed by atoms with Crippen molar-refractivity contribution in [2.75, 3.05) is 11.8 Å². The van der Waals surface area contributed by atoms with E-state index in [-0.39, 0.29) is 23.1 Å². The highest BCUT2D eigenvalue weighted by Crippen LogP contribution is 2.27. The van der Waals surface area contributed by atoms with Gasteiger partial charge in [0.2, 0.25) is 5.91 Å². The first-order chi connectivity index (χ1) is 11.3. The Kier molecular flexibility index (Phi) is 5.46. The van der Waals surface area contributed by atoms with Gasteiger partial charge in [0.1, 0.15) is 10.6 Å². The zero-order valence-corrected chi connectivity index (χ0v) is 14.6. The van der Waals surface area contributed by atoms with Crippen LogP contribution < -0.4 is 14.8 Å². The fraction of sp³-hybridized carbons (Fsp3) is 0.235. The molecule has 0 fully saturated rings. The number of hydrogen-bond donors (Lipinski definition) is 2. The molecule has 2 rings (SSSR count). The van der Waals surface area contributed by atoms with Crippen LogP contribution in [-0.4, -0.2) is 21.4 Å². The van der Waals surface area contributed by atoms with E-state index in [9.17, 15) is 13.2 Å². The number of rotatable bonds is 6. The van der Waals surface area contributed by atoms with Gasteiger partial charge in [0.15, 0.2) is 0 Å². The average Bonchev–Trinajstić information content (AvgIpc) is 2.52. The lowest BCUT2D eigenvalue weighted by molar-refractivity contribution is -0.119. The fourth-order valence-corrected chi connectivity index (χ4v) is 3.46. The molecule has 0 radical (unpaired) electrons. The highest BCUT2D eigenvalue weighted by molar-refractivity contribution is 7.92. The van der Waals surface area contributed by atoms with Gasteiger partial charge in [-0.1, -0.05) is 18.2 Å². The monoisotopic (exact) mass is 348 g/mol. The number of methoxy groups -OCH3 is 1. The Morgan fingerprint density at radius 1 is 1.17 bits per heavy atom. The molecule has 0 aliphatic rings. The second kappa shape index (κ2) is 7.35. The summed E-state index contributed by atoms with van der Waals surface area (Å²) in [6, 6.07) is 11.8. The first-order valence-electron chi connectivity index (χ1n) is 7.32. The Morgan fingerprint density at radius 3 is 2.54 bits per heavy atom. The molecule has 0 bridgehead atoms. The average molecular weight is 348 g/mol. The van der Waals surface area contributed by atoms with Gasteiger partial charge in [-0.15, -0.1) is 0 Å². The van der Waals surface area contributed by atoms with Crippen molar-refractivity contribution in [1.29, 1.82) is 0 Å². The maximum atomic E-state index is 12.7. The summed E-state index contributed by atoms with van der Waals surface area (Å²) in [6.45, 7) is 3.53. The molecule has 7 heteroatoms. The van der Waals surface area contributed by atoms with Crippen LogP contribution in [0.4, 0.5) is 5.69 Å². The van der Waals surface area contributed by atoms with Crippen molar-refractivity contribution < 1.29 is 17.9 Å². The van der Waals surface area contributed by atoms with Gasteiger partial charge in [-0.25, -0.2) is 8.42 Å². The molecule has 0 aliphatic carbocycles. The van der Waals surface area contributed by atoms with Crippen LogP contribution in [-0.2, 0) is 21.4 Å². The minimum Gasteiger partial charge on any atom is -0.495 e. The number of sulfonamides is 1. The van der Waals surface area contributed by atoms with E-state index in [1.54, 1.807) is 30.3 Å². The van der Waals surface area contributed by atoms with Crippen LogP contribution in [0.15, 0.2) is 47.4 Å². The molecule has 0 spiro atoms. The van der Waals surface area contributed by atoms with Crippen LogP contribution in [0.2, 0.25) is 0 Å². The molecule has 2 aromatic carbocycles. The summed E-state index contributed by atoms with van der Waals surface area (Å²) in [5.74, 6) is 0.0508. The van der Waals surface area contributed by atoms with Crippen LogP contribution in [0.3, 0.4) is 0 Å². The van der Waals surface area contributed by atoms with Gasteiger partial charge >= 0.3 is 0 Å². The molecule has 2 aromatic rings. The van der Waals surface area contributed by atoms with E-state index in [1.807, 2.05) is 13.0 Å². The van der Waals surface area contributed by atoms with Crippen molar-refractivity contribution in [2.24, 2.45) is 0 Å². The van der Waals surface area contributed by atoms with Crippen LogP contribution in [0, 0.1) is 6.92 Å². The molecule has 6 nitrogen and oxygen atoms in total. The van der Waals surface area contributed by atoms with E-state index in [0.717, 1.165) is 5.56 Å². The number of anilines is 1. The Hall–Kier alpha value is -2.54. The van der Waals surface area contributed by atoms with Crippen molar-refractivity contribution >= 4 is 21.6 Å². The lowest BCUT2D eigenvalue weighted by Gasteiger charge is -2.13. The van der Waals surface area contributed by atoms with E-state index < -0.39 is 10.0 Å². The molecular weight excluding hydrogens is 328 g/mol. The van der Waals surface area contributed by atoms with Crippen LogP contribution in [0.25, 0.3) is 0 Å². The Balaban J connectivity index is 2.36. The highest BCUT2D eigenvalue weighted by Gasteiger charge is 2.20. The number of benzene rings is 2. The zero-order valence-electron chi connectivity index (χ0n) is 13.8. The van der Waals surface area contributed by atoms with E-state index in [1.165, 1.54) is 20.1 Å². The Bertz CT molecular complexity index is 847. The van der Waals surface area contributed by atoms with E-state index in [4.69, 9.17) is 4.74 Å². The lowest BCUT2D eigenvalue weighted by Crippen LogP contribution is -2.20. The molecule has 1 amide bonds. The van der Waals surface area contributed by atoms with Crippen molar-refractivity contribution in [3.63, 3.8) is 0 Å². The van der Waals surface area contributed by atoms with E-state index >= 15 is 0 Å². The molecule has 2 N–H and O–H groups in total. The van der Waals surface area contributed by atoms with Gasteiger partial charge in [-0.05, 0) is 42.3 Å². The predicted octanol–water partition coefficient (Wildman–Crippen LogP) is 2.44. The Morgan fingerprint density at radius 2 is 1.92 bits per heavy atom. The number of nitrogens with one attached hydrogen (secondary N) is 2. The summed E-state index contributed by atoms with van der Waals surface area (Å²) in [5, 5.41) is 2.64. The SMILES string of the molecule is COc1ccc(CNC(C)=O)cc1S(=O)(=O)Nc1cccc(C)c1. The number of ether oxygens (including phenoxy) is 1. The summed E-state index contributed by atoms with van der Waals surface area (Å²) in [5.41, 5.74) is 2.08. The van der Waals surface area contributed by atoms with Crippen molar-refractivity contribution in [3.05, 3.63) is 53.6 Å². The number of carbonyl (C=O) groups is 1.